The van der Waals surface area contributed by atoms with Crippen LogP contribution in [0.2, 0.25) is 0 Å². The molecule has 1 unspecified atom stereocenters. The number of benzene rings is 1. The minimum Gasteiger partial charge on any atom is -0.465 e. The van der Waals surface area contributed by atoms with E-state index in [1.165, 1.54) is 23.5 Å². The average Bonchev–Trinajstić information content (AvgIpc) is 2.99. The van der Waals surface area contributed by atoms with Crippen LogP contribution in [-0.4, -0.2) is 52.0 Å². The van der Waals surface area contributed by atoms with Gasteiger partial charge in [-0.1, -0.05) is 12.1 Å². The lowest BCUT2D eigenvalue weighted by Crippen LogP contribution is -2.42. The van der Waals surface area contributed by atoms with Crippen molar-refractivity contribution in [1.82, 2.24) is 9.62 Å². The SMILES string of the molecule is COC(=O)c1ccccc1S(=O)(=O)N1CCC2(CCCNC2)C1. The number of hydrogen-bond donors (Lipinski definition) is 1. The molecule has 2 heterocycles. The van der Waals surface area contributed by atoms with Crippen LogP contribution in [0.15, 0.2) is 29.2 Å². The molecule has 1 aromatic carbocycles. The second-order valence-electron chi connectivity index (χ2n) is 6.36. The van der Waals surface area contributed by atoms with E-state index in [1.807, 2.05) is 0 Å². The lowest BCUT2D eigenvalue weighted by Gasteiger charge is -2.33. The molecule has 23 heavy (non-hydrogen) atoms. The highest BCUT2D eigenvalue weighted by Gasteiger charge is 2.44. The van der Waals surface area contributed by atoms with Gasteiger partial charge in [0.05, 0.1) is 17.6 Å². The maximum absolute atomic E-state index is 13.0. The molecular formula is C16H22N2O4S. The molecule has 2 saturated heterocycles. The number of methoxy groups -OCH3 is 1. The third-order valence-corrected chi connectivity index (χ3v) is 6.78. The molecule has 3 rings (SSSR count). The fourth-order valence-corrected chi connectivity index (χ4v) is 5.32. The van der Waals surface area contributed by atoms with Gasteiger partial charge in [-0.15, -0.1) is 0 Å². The number of nitrogens with one attached hydrogen (secondary N) is 1. The molecule has 2 aliphatic heterocycles. The molecule has 1 atom stereocenters. The summed E-state index contributed by atoms with van der Waals surface area (Å²) in [6.45, 7) is 2.87. The minimum absolute atomic E-state index is 0.0333. The summed E-state index contributed by atoms with van der Waals surface area (Å²) in [5, 5.41) is 3.37. The van der Waals surface area contributed by atoms with E-state index in [0.29, 0.717) is 13.1 Å². The third-order valence-electron chi connectivity index (χ3n) is 4.87. The number of sulfonamides is 1. The van der Waals surface area contributed by atoms with Crippen LogP contribution < -0.4 is 5.32 Å². The highest BCUT2D eigenvalue weighted by atomic mass is 32.2. The van der Waals surface area contributed by atoms with Crippen LogP contribution in [0.4, 0.5) is 0 Å². The Morgan fingerprint density at radius 3 is 2.78 bits per heavy atom. The van der Waals surface area contributed by atoms with Crippen LogP contribution in [0.3, 0.4) is 0 Å². The van der Waals surface area contributed by atoms with Crippen LogP contribution in [0.25, 0.3) is 0 Å². The third kappa shape index (κ3) is 3.00. The number of carbonyl (C=O) groups is 1. The first-order chi connectivity index (χ1) is 11.0. The molecule has 0 bridgehead atoms. The van der Waals surface area contributed by atoms with E-state index in [9.17, 15) is 13.2 Å². The first-order valence-electron chi connectivity index (χ1n) is 7.87. The number of ether oxygens (including phenoxy) is 1. The Morgan fingerprint density at radius 2 is 2.09 bits per heavy atom. The minimum atomic E-state index is -3.70. The quantitative estimate of drug-likeness (QED) is 0.839. The van der Waals surface area contributed by atoms with E-state index in [4.69, 9.17) is 4.74 Å². The predicted molar refractivity (Wildman–Crippen MR) is 85.7 cm³/mol. The van der Waals surface area contributed by atoms with Gasteiger partial charge in [0.15, 0.2) is 0 Å². The fourth-order valence-electron chi connectivity index (χ4n) is 3.59. The van der Waals surface area contributed by atoms with Crippen molar-refractivity contribution in [3.8, 4) is 0 Å². The molecule has 1 aromatic rings. The molecule has 6 nitrogen and oxygen atoms in total. The van der Waals surface area contributed by atoms with Crippen molar-refractivity contribution in [2.45, 2.75) is 24.2 Å². The van der Waals surface area contributed by atoms with Crippen molar-refractivity contribution in [3.05, 3.63) is 29.8 Å². The Balaban J connectivity index is 1.90. The zero-order valence-electron chi connectivity index (χ0n) is 13.2. The second-order valence-corrected chi connectivity index (χ2v) is 8.26. The lowest BCUT2D eigenvalue weighted by atomic mass is 9.80. The highest BCUT2D eigenvalue weighted by Crippen LogP contribution is 2.39. The van der Waals surface area contributed by atoms with Crippen molar-refractivity contribution >= 4 is 16.0 Å². The summed E-state index contributed by atoms with van der Waals surface area (Å²) in [7, 11) is -2.44. The molecule has 7 heteroatoms. The molecule has 0 aliphatic carbocycles. The van der Waals surface area contributed by atoms with Crippen molar-refractivity contribution in [2.24, 2.45) is 5.41 Å². The Hall–Kier alpha value is -1.44. The Morgan fingerprint density at radius 1 is 1.30 bits per heavy atom. The standard InChI is InChI=1S/C16H22N2O4S/c1-22-15(19)13-5-2-3-6-14(13)23(20,21)18-10-8-16(12-18)7-4-9-17-11-16/h2-3,5-6,17H,4,7-12H2,1H3. The monoisotopic (exact) mass is 338 g/mol. The number of rotatable bonds is 3. The fraction of sp³-hybridized carbons (Fsp3) is 0.562. The maximum atomic E-state index is 13.0. The Labute approximate surface area is 136 Å². The molecule has 2 fully saturated rings. The summed E-state index contributed by atoms with van der Waals surface area (Å²) in [5.74, 6) is -0.627. The summed E-state index contributed by atoms with van der Waals surface area (Å²) >= 11 is 0. The normalized spacial score (nSPS) is 25.6. The van der Waals surface area contributed by atoms with Gasteiger partial charge in [0.2, 0.25) is 10.0 Å². The summed E-state index contributed by atoms with van der Waals surface area (Å²) in [5.41, 5.74) is 0.128. The molecule has 2 aliphatic rings. The molecule has 0 amide bonds. The number of piperidine rings is 1. The topological polar surface area (TPSA) is 75.7 Å². The van der Waals surface area contributed by atoms with E-state index in [2.05, 4.69) is 5.32 Å². The molecule has 0 saturated carbocycles. The van der Waals surface area contributed by atoms with Gasteiger partial charge in [-0.3, -0.25) is 0 Å². The summed E-state index contributed by atoms with van der Waals surface area (Å²) < 4.78 is 32.2. The van der Waals surface area contributed by atoms with E-state index in [-0.39, 0.29) is 15.9 Å². The van der Waals surface area contributed by atoms with E-state index < -0.39 is 16.0 Å². The first kappa shape index (κ1) is 16.4. The number of esters is 1. The summed E-state index contributed by atoms with van der Waals surface area (Å²) in [4.78, 5) is 11.9. The summed E-state index contributed by atoms with van der Waals surface area (Å²) in [6.07, 6.45) is 2.98. The second kappa shape index (κ2) is 6.22. The predicted octanol–water partition coefficient (Wildman–Crippen LogP) is 1.24. The largest absolute Gasteiger partial charge is 0.465 e. The highest BCUT2D eigenvalue weighted by molar-refractivity contribution is 7.89. The van der Waals surface area contributed by atoms with Crippen LogP contribution in [0, 0.1) is 5.41 Å². The van der Waals surface area contributed by atoms with Crippen molar-refractivity contribution < 1.29 is 17.9 Å². The molecule has 0 radical (unpaired) electrons. The lowest BCUT2D eigenvalue weighted by molar-refractivity contribution is 0.0596. The molecular weight excluding hydrogens is 316 g/mol. The number of carbonyl (C=O) groups excluding carboxylic acids is 1. The van der Waals surface area contributed by atoms with Gasteiger partial charge in [0, 0.05) is 19.6 Å². The smallest absolute Gasteiger partial charge is 0.339 e. The number of hydrogen-bond acceptors (Lipinski definition) is 5. The Kier molecular flexibility index (Phi) is 4.44. The molecule has 1 spiro atoms. The zero-order chi connectivity index (χ0) is 16.5. The van der Waals surface area contributed by atoms with Crippen LogP contribution in [0.1, 0.15) is 29.6 Å². The van der Waals surface area contributed by atoms with E-state index in [0.717, 1.165) is 32.4 Å². The van der Waals surface area contributed by atoms with Gasteiger partial charge in [-0.05, 0) is 43.4 Å². The summed E-state index contributed by atoms with van der Waals surface area (Å²) in [6, 6.07) is 6.24. The van der Waals surface area contributed by atoms with Gasteiger partial charge in [0.1, 0.15) is 0 Å². The van der Waals surface area contributed by atoms with E-state index in [1.54, 1.807) is 12.1 Å². The average molecular weight is 338 g/mol. The van der Waals surface area contributed by atoms with Gasteiger partial charge >= 0.3 is 5.97 Å². The van der Waals surface area contributed by atoms with Gasteiger partial charge in [-0.2, -0.15) is 4.31 Å². The maximum Gasteiger partial charge on any atom is 0.339 e. The van der Waals surface area contributed by atoms with Gasteiger partial charge < -0.3 is 10.1 Å². The van der Waals surface area contributed by atoms with Crippen LogP contribution in [0.5, 0.6) is 0 Å². The van der Waals surface area contributed by atoms with Gasteiger partial charge in [0.25, 0.3) is 0 Å². The first-order valence-corrected chi connectivity index (χ1v) is 9.31. The van der Waals surface area contributed by atoms with Gasteiger partial charge in [-0.25, -0.2) is 13.2 Å². The Bertz CT molecular complexity index is 696. The zero-order valence-corrected chi connectivity index (χ0v) is 14.1. The van der Waals surface area contributed by atoms with Crippen molar-refractivity contribution in [3.63, 3.8) is 0 Å². The van der Waals surface area contributed by atoms with E-state index >= 15 is 0 Å². The molecule has 1 N–H and O–H groups in total. The van der Waals surface area contributed by atoms with Crippen LogP contribution in [-0.2, 0) is 14.8 Å². The molecule has 126 valence electrons. The van der Waals surface area contributed by atoms with Crippen molar-refractivity contribution in [1.29, 1.82) is 0 Å². The van der Waals surface area contributed by atoms with Crippen LogP contribution >= 0.6 is 0 Å². The molecule has 0 aromatic heterocycles. The van der Waals surface area contributed by atoms with Crippen molar-refractivity contribution in [2.75, 3.05) is 33.3 Å². The number of nitrogens with zero attached hydrogens (tertiary/aromatic N) is 1.